The van der Waals surface area contributed by atoms with Crippen LogP contribution in [0.25, 0.3) is 0 Å². The summed E-state index contributed by atoms with van der Waals surface area (Å²) in [5.74, 6) is 0. The predicted octanol–water partition coefficient (Wildman–Crippen LogP) is -1.57. The number of hydrogen-bond donors (Lipinski definition) is 6. The number of fused-ring (bicyclic) bond motifs is 21. The van der Waals surface area contributed by atoms with Crippen LogP contribution in [0.2, 0.25) is 0 Å². The lowest BCUT2D eigenvalue weighted by atomic mass is 10.3. The van der Waals surface area contributed by atoms with Gasteiger partial charge in [0.15, 0.2) is 12.2 Å². The number of nitrogens with one attached hydrogen (secondary N) is 4. The quantitative estimate of drug-likeness (QED) is 0.214. The first-order chi connectivity index (χ1) is 18.9. The summed E-state index contributed by atoms with van der Waals surface area (Å²) in [7, 11) is 0. The molecule has 0 aromatic heterocycles. The highest BCUT2D eigenvalue weighted by atomic mass is 19.4. The van der Waals surface area contributed by atoms with Crippen molar-refractivity contribution in [3.63, 3.8) is 0 Å². The minimum atomic E-state index is -4.68. The Balaban J connectivity index is 2.14. The molecule has 40 heavy (non-hydrogen) atoms. The maximum atomic E-state index is 13.1. The third-order valence-corrected chi connectivity index (χ3v) is 7.19. The molecule has 0 aliphatic carbocycles. The molecule has 3 heterocycles. The molecule has 3 saturated heterocycles. The maximum Gasteiger partial charge on any atom is 0.415 e. The average molecular weight is 595 g/mol. The van der Waals surface area contributed by atoms with Crippen LogP contribution in [0.4, 0.5) is 26.3 Å². The highest BCUT2D eigenvalue weighted by Gasteiger charge is 2.40. The lowest BCUT2D eigenvalue weighted by Crippen LogP contribution is -2.49. The summed E-state index contributed by atoms with van der Waals surface area (Å²) < 4.78 is 78.4. The molecular formula is C24H48F6N8O2. The summed E-state index contributed by atoms with van der Waals surface area (Å²) in [6.07, 6.45) is -14.2. The third-order valence-electron chi connectivity index (χ3n) is 7.19. The van der Waals surface area contributed by atoms with E-state index in [-0.39, 0.29) is 0 Å². The van der Waals surface area contributed by atoms with Gasteiger partial charge in [-0.05, 0) is 0 Å². The Morgan fingerprint density at radius 2 is 0.750 bits per heavy atom. The number of aliphatic hydroxyl groups is 2. The fraction of sp³-hybridized carbons (Fsp3) is 1.00. The van der Waals surface area contributed by atoms with Crippen molar-refractivity contribution in [2.75, 3.05) is 131 Å². The normalized spacial score (nSPS) is 27.6. The molecule has 0 radical (unpaired) electrons. The molecule has 3 fully saturated rings. The Morgan fingerprint density at radius 3 is 1.07 bits per heavy atom. The van der Waals surface area contributed by atoms with Crippen molar-refractivity contribution >= 4 is 0 Å². The van der Waals surface area contributed by atoms with Gasteiger partial charge in [-0.2, -0.15) is 26.3 Å². The Hall–Kier alpha value is -0.820. The zero-order chi connectivity index (χ0) is 29.4. The van der Waals surface area contributed by atoms with Gasteiger partial charge in [0.25, 0.3) is 0 Å². The Labute approximate surface area is 233 Å². The van der Waals surface area contributed by atoms with Gasteiger partial charge in [-0.3, -0.25) is 19.6 Å². The van der Waals surface area contributed by atoms with Crippen LogP contribution in [0, 0.1) is 0 Å². The highest BCUT2D eigenvalue weighted by molar-refractivity contribution is 4.77. The highest BCUT2D eigenvalue weighted by Crippen LogP contribution is 2.21. The molecule has 6 N–H and O–H groups in total. The van der Waals surface area contributed by atoms with Crippen molar-refractivity contribution in [1.82, 2.24) is 40.9 Å². The zero-order valence-electron chi connectivity index (χ0n) is 23.2. The summed E-state index contributed by atoms with van der Waals surface area (Å²) in [5.41, 5.74) is 0. The van der Waals surface area contributed by atoms with Crippen LogP contribution in [0.3, 0.4) is 0 Å². The van der Waals surface area contributed by atoms with E-state index in [0.717, 1.165) is 13.1 Å². The van der Waals surface area contributed by atoms with Crippen molar-refractivity contribution in [1.29, 1.82) is 0 Å². The van der Waals surface area contributed by atoms with Crippen LogP contribution in [-0.4, -0.2) is 185 Å². The van der Waals surface area contributed by atoms with E-state index in [2.05, 4.69) is 31.1 Å². The summed E-state index contributed by atoms with van der Waals surface area (Å²) in [6.45, 7) is 8.82. The molecule has 2 bridgehead atoms. The molecule has 4 atom stereocenters. The van der Waals surface area contributed by atoms with Gasteiger partial charge < -0.3 is 31.5 Å². The van der Waals surface area contributed by atoms with Gasteiger partial charge in [0, 0.05) is 131 Å². The van der Waals surface area contributed by atoms with E-state index in [9.17, 15) is 36.6 Å². The van der Waals surface area contributed by atoms with E-state index >= 15 is 0 Å². The topological polar surface area (TPSA) is 102 Å². The second kappa shape index (κ2) is 18.7. The second-order valence-electron chi connectivity index (χ2n) is 10.4. The monoisotopic (exact) mass is 594 g/mol. The minimum absolute atomic E-state index is 0.335. The number of nitrogens with zero attached hydrogens (tertiary/aromatic N) is 4. The largest absolute Gasteiger partial charge is 0.415 e. The van der Waals surface area contributed by atoms with E-state index in [1.54, 1.807) is 9.80 Å². The predicted molar refractivity (Wildman–Crippen MR) is 141 cm³/mol. The van der Waals surface area contributed by atoms with E-state index in [0.29, 0.717) is 105 Å². The number of alkyl halides is 6. The van der Waals surface area contributed by atoms with Crippen LogP contribution in [-0.2, 0) is 0 Å². The van der Waals surface area contributed by atoms with E-state index in [4.69, 9.17) is 0 Å². The first-order valence-electron chi connectivity index (χ1n) is 14.2. The molecule has 0 spiro atoms. The summed E-state index contributed by atoms with van der Waals surface area (Å²) >= 11 is 0. The van der Waals surface area contributed by atoms with Gasteiger partial charge in [0.2, 0.25) is 0 Å². The number of aliphatic hydroxyl groups excluding tert-OH is 2. The van der Waals surface area contributed by atoms with Crippen molar-refractivity contribution in [3.05, 3.63) is 0 Å². The molecule has 0 saturated carbocycles. The Bertz CT molecular complexity index is 610. The summed E-state index contributed by atoms with van der Waals surface area (Å²) in [5, 5.41) is 32.6. The van der Waals surface area contributed by atoms with Crippen molar-refractivity contribution in [2.24, 2.45) is 0 Å². The second-order valence-corrected chi connectivity index (χ2v) is 10.4. The molecule has 3 aliphatic rings. The van der Waals surface area contributed by atoms with Crippen molar-refractivity contribution in [2.45, 2.75) is 24.6 Å². The fourth-order valence-corrected chi connectivity index (χ4v) is 4.62. The number of hydrogen-bond acceptors (Lipinski definition) is 10. The van der Waals surface area contributed by atoms with E-state index < -0.39 is 37.7 Å². The first kappa shape index (κ1) is 35.4. The lowest BCUT2D eigenvalue weighted by molar-refractivity contribution is -0.208. The van der Waals surface area contributed by atoms with Gasteiger partial charge in [-0.1, -0.05) is 0 Å². The number of rotatable bonds is 4. The van der Waals surface area contributed by atoms with Gasteiger partial charge in [-0.25, -0.2) is 0 Å². The third kappa shape index (κ3) is 15.4. The molecule has 238 valence electrons. The summed E-state index contributed by atoms with van der Waals surface area (Å²) in [6, 6.07) is 0. The van der Waals surface area contributed by atoms with Gasteiger partial charge >= 0.3 is 12.4 Å². The van der Waals surface area contributed by atoms with Crippen molar-refractivity contribution < 1.29 is 36.6 Å². The Kier molecular flexibility index (Phi) is 16.5. The molecule has 0 amide bonds. The van der Waals surface area contributed by atoms with E-state index in [1.165, 1.54) is 0 Å². The van der Waals surface area contributed by atoms with Crippen LogP contribution in [0.1, 0.15) is 0 Å². The average Bonchev–Trinajstić information content (AvgIpc) is 2.87. The maximum absolute atomic E-state index is 13.1. The van der Waals surface area contributed by atoms with Crippen LogP contribution >= 0.6 is 0 Å². The van der Waals surface area contributed by atoms with Crippen LogP contribution < -0.4 is 21.3 Å². The van der Waals surface area contributed by atoms with Gasteiger partial charge in [0.1, 0.15) is 0 Å². The SMILES string of the molecule is OC(CN1CCNCCN2CCNCCNCCN(CCNCCN(CC(O)C(F)(F)F)CC2)CC1)C(F)(F)F. The number of halogens is 6. The molecular weight excluding hydrogens is 546 g/mol. The lowest BCUT2D eigenvalue weighted by Gasteiger charge is -2.32. The summed E-state index contributed by atoms with van der Waals surface area (Å²) in [4.78, 5) is 7.53. The van der Waals surface area contributed by atoms with Gasteiger partial charge in [-0.15, -0.1) is 0 Å². The molecule has 4 unspecified atom stereocenters. The van der Waals surface area contributed by atoms with Gasteiger partial charge in [0.05, 0.1) is 0 Å². The Morgan fingerprint density at radius 1 is 0.450 bits per heavy atom. The fourth-order valence-electron chi connectivity index (χ4n) is 4.62. The molecule has 3 aliphatic heterocycles. The van der Waals surface area contributed by atoms with E-state index in [1.807, 2.05) is 0 Å². The molecule has 10 nitrogen and oxygen atoms in total. The first-order valence-corrected chi connectivity index (χ1v) is 14.2. The molecule has 3 rings (SSSR count). The smallest absolute Gasteiger partial charge is 0.382 e. The van der Waals surface area contributed by atoms with Crippen molar-refractivity contribution in [3.8, 4) is 0 Å². The standard InChI is InChI=1S/C24H48F6N8O2/c25-23(26,27)21(39)19-37-13-8-34-6-12-36-10-4-32-2-1-31-3-9-35(15-17-37)11-5-33-7-14-38(18-16-36)20-22(40)24(28,29)30/h21-22,31-34,39-40H,1-20H2. The van der Waals surface area contributed by atoms with Crippen LogP contribution in [0.5, 0.6) is 0 Å². The van der Waals surface area contributed by atoms with Crippen LogP contribution in [0.15, 0.2) is 0 Å². The molecule has 16 heteroatoms. The zero-order valence-corrected chi connectivity index (χ0v) is 23.2. The molecule has 0 aromatic rings. The molecule has 0 aromatic carbocycles. The minimum Gasteiger partial charge on any atom is -0.382 e.